The first kappa shape index (κ1) is 14.8. The Morgan fingerprint density at radius 2 is 2.30 bits per heavy atom. The molecule has 2 unspecified atom stereocenters. The minimum atomic E-state index is -0.556. The molecule has 1 fully saturated rings. The number of phenols is 1. The van der Waals surface area contributed by atoms with E-state index in [0.29, 0.717) is 19.0 Å². The van der Waals surface area contributed by atoms with Crippen molar-refractivity contribution in [2.75, 3.05) is 13.1 Å². The molecular weight excluding hydrogens is 259 g/mol. The smallest absolute Gasteiger partial charge is 0.257 e. The molecule has 5 heteroatoms. The number of phenolic OH excluding ortho intramolecular Hbond substituents is 1. The van der Waals surface area contributed by atoms with Gasteiger partial charge in [0.15, 0.2) is 0 Å². The molecule has 0 aliphatic carbocycles. The molecule has 20 heavy (non-hydrogen) atoms. The molecule has 1 heterocycles. The van der Waals surface area contributed by atoms with Crippen LogP contribution in [0.1, 0.15) is 36.5 Å². The second-order valence-electron chi connectivity index (χ2n) is 5.35. The number of rotatable bonds is 3. The lowest BCUT2D eigenvalue weighted by Crippen LogP contribution is -2.49. The number of halogens is 1. The van der Waals surface area contributed by atoms with Crippen LogP contribution in [-0.2, 0) is 0 Å². The first-order valence-corrected chi connectivity index (χ1v) is 7.06. The Balaban J connectivity index is 2.19. The van der Waals surface area contributed by atoms with Gasteiger partial charge >= 0.3 is 0 Å². The Hall–Kier alpha value is -1.62. The van der Waals surface area contributed by atoms with E-state index in [9.17, 15) is 14.3 Å². The normalized spacial score (nSPS) is 22.9. The van der Waals surface area contributed by atoms with Crippen molar-refractivity contribution >= 4 is 5.91 Å². The quantitative estimate of drug-likeness (QED) is 0.891. The highest BCUT2D eigenvalue weighted by Gasteiger charge is 2.31. The van der Waals surface area contributed by atoms with Gasteiger partial charge in [0, 0.05) is 25.2 Å². The summed E-state index contributed by atoms with van der Waals surface area (Å²) in [6.07, 6.45) is 2.92. The van der Waals surface area contributed by atoms with Crippen LogP contribution in [0.2, 0.25) is 0 Å². The van der Waals surface area contributed by atoms with Crippen molar-refractivity contribution < 1.29 is 14.3 Å². The predicted molar refractivity (Wildman–Crippen MR) is 75.0 cm³/mol. The van der Waals surface area contributed by atoms with E-state index >= 15 is 0 Å². The second kappa shape index (κ2) is 6.22. The molecule has 1 aliphatic heterocycles. The molecular formula is C15H21FN2O2. The van der Waals surface area contributed by atoms with Crippen LogP contribution in [0.5, 0.6) is 5.75 Å². The Morgan fingerprint density at radius 3 is 2.90 bits per heavy atom. The lowest BCUT2D eigenvalue weighted by atomic mass is 9.88. The number of hydrogen-bond acceptors (Lipinski definition) is 3. The first-order valence-electron chi connectivity index (χ1n) is 7.06. The molecule has 0 bridgehead atoms. The summed E-state index contributed by atoms with van der Waals surface area (Å²) >= 11 is 0. The van der Waals surface area contributed by atoms with E-state index in [1.165, 1.54) is 12.1 Å². The Morgan fingerprint density at radius 1 is 1.55 bits per heavy atom. The molecule has 0 saturated carbocycles. The number of likely N-dealkylation sites (tertiary alicyclic amines) is 1. The van der Waals surface area contributed by atoms with Gasteiger partial charge in [-0.25, -0.2) is 4.39 Å². The van der Waals surface area contributed by atoms with Crippen molar-refractivity contribution in [3.63, 3.8) is 0 Å². The van der Waals surface area contributed by atoms with Crippen molar-refractivity contribution in [2.24, 2.45) is 11.7 Å². The zero-order valence-corrected chi connectivity index (χ0v) is 11.7. The summed E-state index contributed by atoms with van der Waals surface area (Å²) in [5.74, 6) is -0.551. The van der Waals surface area contributed by atoms with Crippen LogP contribution < -0.4 is 5.73 Å². The molecule has 3 N–H and O–H groups in total. The van der Waals surface area contributed by atoms with Crippen LogP contribution in [-0.4, -0.2) is 35.0 Å². The van der Waals surface area contributed by atoms with Gasteiger partial charge in [-0.2, -0.15) is 0 Å². The van der Waals surface area contributed by atoms with Crippen molar-refractivity contribution in [1.82, 2.24) is 4.90 Å². The minimum Gasteiger partial charge on any atom is -0.507 e. The topological polar surface area (TPSA) is 66.6 Å². The predicted octanol–water partition coefficient (Wildman–Crippen LogP) is 2.12. The zero-order chi connectivity index (χ0) is 14.7. The maximum atomic E-state index is 13.0. The van der Waals surface area contributed by atoms with E-state index < -0.39 is 5.82 Å². The zero-order valence-electron chi connectivity index (χ0n) is 11.7. The highest BCUT2D eigenvalue weighted by atomic mass is 19.1. The summed E-state index contributed by atoms with van der Waals surface area (Å²) in [7, 11) is 0. The van der Waals surface area contributed by atoms with E-state index in [1.807, 2.05) is 0 Å². The summed E-state index contributed by atoms with van der Waals surface area (Å²) < 4.78 is 13.0. The van der Waals surface area contributed by atoms with Crippen LogP contribution in [0, 0.1) is 11.7 Å². The Bertz CT molecular complexity index is 493. The van der Waals surface area contributed by atoms with Crippen molar-refractivity contribution in [3.8, 4) is 5.75 Å². The van der Waals surface area contributed by atoms with Crippen molar-refractivity contribution in [2.45, 2.75) is 32.2 Å². The molecule has 1 saturated heterocycles. The molecule has 2 rings (SSSR count). The minimum absolute atomic E-state index is 0.00865. The average Bonchev–Trinajstić information content (AvgIpc) is 2.46. The summed E-state index contributed by atoms with van der Waals surface area (Å²) in [5, 5.41) is 9.73. The SMILES string of the molecule is CCC1CCN(C(=O)c2ccc(F)cc2O)C(CN)C1. The molecule has 1 amide bonds. The van der Waals surface area contributed by atoms with E-state index in [4.69, 9.17) is 5.73 Å². The highest BCUT2D eigenvalue weighted by Crippen LogP contribution is 2.28. The third kappa shape index (κ3) is 2.93. The fraction of sp³-hybridized carbons (Fsp3) is 0.533. The van der Waals surface area contributed by atoms with Crippen molar-refractivity contribution in [1.29, 1.82) is 0 Å². The largest absolute Gasteiger partial charge is 0.507 e. The van der Waals surface area contributed by atoms with Crippen LogP contribution >= 0.6 is 0 Å². The Labute approximate surface area is 118 Å². The molecule has 2 atom stereocenters. The maximum absolute atomic E-state index is 13.0. The number of amides is 1. The third-order valence-electron chi connectivity index (χ3n) is 4.12. The second-order valence-corrected chi connectivity index (χ2v) is 5.35. The number of hydrogen-bond donors (Lipinski definition) is 2. The molecule has 0 radical (unpaired) electrons. The van der Waals surface area contributed by atoms with E-state index in [0.717, 1.165) is 25.3 Å². The molecule has 1 aliphatic rings. The van der Waals surface area contributed by atoms with Gasteiger partial charge in [0.25, 0.3) is 5.91 Å². The average molecular weight is 280 g/mol. The monoisotopic (exact) mass is 280 g/mol. The van der Waals surface area contributed by atoms with Gasteiger partial charge in [-0.15, -0.1) is 0 Å². The lowest BCUT2D eigenvalue weighted by Gasteiger charge is -2.39. The number of benzene rings is 1. The lowest BCUT2D eigenvalue weighted by molar-refractivity contribution is 0.0555. The van der Waals surface area contributed by atoms with E-state index in [-0.39, 0.29) is 23.3 Å². The third-order valence-corrected chi connectivity index (χ3v) is 4.12. The van der Waals surface area contributed by atoms with Gasteiger partial charge in [0.1, 0.15) is 11.6 Å². The van der Waals surface area contributed by atoms with Crippen molar-refractivity contribution in [3.05, 3.63) is 29.6 Å². The van der Waals surface area contributed by atoms with Crippen LogP contribution in [0.4, 0.5) is 4.39 Å². The van der Waals surface area contributed by atoms with Gasteiger partial charge in [0.2, 0.25) is 0 Å². The van der Waals surface area contributed by atoms with Crippen LogP contribution in [0.15, 0.2) is 18.2 Å². The van der Waals surface area contributed by atoms with Gasteiger partial charge < -0.3 is 15.7 Å². The number of aromatic hydroxyl groups is 1. The summed E-state index contributed by atoms with van der Waals surface area (Å²) in [4.78, 5) is 14.2. The molecule has 110 valence electrons. The first-order chi connectivity index (χ1) is 9.56. The van der Waals surface area contributed by atoms with Gasteiger partial charge in [-0.3, -0.25) is 4.79 Å². The molecule has 0 aromatic heterocycles. The molecule has 1 aromatic carbocycles. The summed E-state index contributed by atoms with van der Waals surface area (Å²) in [5.41, 5.74) is 5.91. The molecule has 4 nitrogen and oxygen atoms in total. The van der Waals surface area contributed by atoms with E-state index in [2.05, 4.69) is 6.92 Å². The fourth-order valence-corrected chi connectivity index (χ4v) is 2.84. The van der Waals surface area contributed by atoms with Crippen LogP contribution in [0.25, 0.3) is 0 Å². The summed E-state index contributed by atoms with van der Waals surface area (Å²) in [6.45, 7) is 3.18. The summed E-state index contributed by atoms with van der Waals surface area (Å²) in [6, 6.07) is 3.46. The Kier molecular flexibility index (Phi) is 4.60. The van der Waals surface area contributed by atoms with Crippen LogP contribution in [0.3, 0.4) is 0 Å². The number of piperidine rings is 1. The van der Waals surface area contributed by atoms with Gasteiger partial charge in [-0.05, 0) is 30.9 Å². The maximum Gasteiger partial charge on any atom is 0.257 e. The van der Waals surface area contributed by atoms with Gasteiger partial charge in [0.05, 0.1) is 5.56 Å². The number of nitrogens with two attached hydrogens (primary N) is 1. The van der Waals surface area contributed by atoms with E-state index in [1.54, 1.807) is 4.90 Å². The number of carbonyl (C=O) groups excluding carboxylic acids is 1. The molecule has 0 spiro atoms. The number of nitrogens with zero attached hydrogens (tertiary/aromatic N) is 1. The van der Waals surface area contributed by atoms with Gasteiger partial charge in [-0.1, -0.05) is 13.3 Å². The standard InChI is InChI=1S/C15H21FN2O2/c1-2-10-5-6-18(12(7-10)9-17)15(20)13-4-3-11(16)8-14(13)19/h3-4,8,10,12,19H,2,5-7,9,17H2,1H3. The highest BCUT2D eigenvalue weighted by molar-refractivity contribution is 5.97. The number of carbonyl (C=O) groups is 1. The fourth-order valence-electron chi connectivity index (χ4n) is 2.84. The molecule has 1 aromatic rings.